The number of benzene rings is 2. The molecule has 28 heavy (non-hydrogen) atoms. The zero-order chi connectivity index (χ0) is 18.5. The number of imidazole rings is 1. The molecule has 0 saturated carbocycles. The molecule has 1 unspecified atom stereocenters. The number of para-hydroxylation sites is 3. The molecule has 0 saturated heterocycles. The molecule has 1 atom stereocenters. The zero-order valence-corrected chi connectivity index (χ0v) is 15.1. The summed E-state index contributed by atoms with van der Waals surface area (Å²) in [7, 11) is 0. The predicted molar refractivity (Wildman–Crippen MR) is 111 cm³/mol. The lowest BCUT2D eigenvalue weighted by atomic mass is 10.3. The van der Waals surface area contributed by atoms with Crippen LogP contribution in [0.15, 0.2) is 95.3 Å². The van der Waals surface area contributed by atoms with Crippen molar-refractivity contribution in [1.29, 1.82) is 0 Å². The fourth-order valence-corrected chi connectivity index (χ4v) is 3.94. The molecule has 0 bridgehead atoms. The van der Waals surface area contributed by atoms with Gasteiger partial charge in [-0.3, -0.25) is 9.47 Å². The number of hydrogen-bond acceptors (Lipinski definition) is 5. The molecule has 0 fully saturated rings. The molecule has 1 aromatic heterocycles. The van der Waals surface area contributed by atoms with Crippen molar-refractivity contribution in [3.8, 4) is 0 Å². The van der Waals surface area contributed by atoms with Gasteiger partial charge in [-0.2, -0.15) is 4.99 Å². The minimum absolute atomic E-state index is 0.122. The van der Waals surface area contributed by atoms with E-state index >= 15 is 0 Å². The number of aromatic nitrogens is 2. The number of rotatable bonds is 1. The molecule has 0 amide bonds. The van der Waals surface area contributed by atoms with E-state index in [0.717, 1.165) is 40.5 Å². The molecule has 0 spiro atoms. The van der Waals surface area contributed by atoms with Crippen LogP contribution >= 0.6 is 0 Å². The second-order valence-electron chi connectivity index (χ2n) is 6.92. The normalized spacial score (nSPS) is 19.6. The van der Waals surface area contributed by atoms with E-state index in [1.165, 1.54) is 0 Å². The number of nitrogens with zero attached hydrogens (tertiary/aromatic N) is 4. The number of anilines is 1. The summed E-state index contributed by atoms with van der Waals surface area (Å²) >= 11 is 0. The second-order valence-corrected chi connectivity index (χ2v) is 6.92. The van der Waals surface area contributed by atoms with Crippen molar-refractivity contribution in [3.05, 3.63) is 90.3 Å². The summed E-state index contributed by atoms with van der Waals surface area (Å²) in [6.45, 7) is 0. The van der Waals surface area contributed by atoms with Gasteiger partial charge in [-0.15, -0.1) is 0 Å². The van der Waals surface area contributed by atoms with Gasteiger partial charge in [0.25, 0.3) is 0 Å². The minimum Gasteiger partial charge on any atom is -0.346 e. The molecule has 0 radical (unpaired) electrons. The second kappa shape index (κ2) is 5.85. The molecule has 1 aliphatic carbocycles. The van der Waals surface area contributed by atoms with Gasteiger partial charge >= 0.3 is 0 Å². The lowest BCUT2D eigenvalue weighted by molar-refractivity contribution is 0.286. The fourth-order valence-electron chi connectivity index (χ4n) is 3.94. The first-order valence-corrected chi connectivity index (χ1v) is 9.39. The summed E-state index contributed by atoms with van der Waals surface area (Å²) < 4.78 is 2.15. The Labute approximate surface area is 162 Å². The number of guanidine groups is 1. The molecule has 6 heteroatoms. The third-order valence-electron chi connectivity index (χ3n) is 5.18. The number of allylic oxidation sites excluding steroid dienone is 4. The largest absolute Gasteiger partial charge is 0.346 e. The van der Waals surface area contributed by atoms with Gasteiger partial charge in [0.1, 0.15) is 0 Å². The Morgan fingerprint density at radius 3 is 2.71 bits per heavy atom. The van der Waals surface area contributed by atoms with Gasteiger partial charge in [-0.1, -0.05) is 42.5 Å². The van der Waals surface area contributed by atoms with E-state index in [0.29, 0.717) is 5.95 Å². The van der Waals surface area contributed by atoms with Crippen molar-refractivity contribution in [2.24, 2.45) is 4.99 Å². The molecule has 6 rings (SSSR count). The van der Waals surface area contributed by atoms with Crippen LogP contribution < -0.4 is 10.6 Å². The first-order valence-electron chi connectivity index (χ1n) is 9.39. The molecule has 2 aliphatic heterocycles. The lowest BCUT2D eigenvalue weighted by Crippen LogP contribution is -2.43. The van der Waals surface area contributed by atoms with Crippen molar-refractivity contribution >= 4 is 28.6 Å². The summed E-state index contributed by atoms with van der Waals surface area (Å²) in [4.78, 5) is 11.9. The molecule has 136 valence electrons. The van der Waals surface area contributed by atoms with Gasteiger partial charge in [0, 0.05) is 5.69 Å². The Kier molecular flexibility index (Phi) is 3.19. The van der Waals surface area contributed by atoms with Crippen molar-refractivity contribution in [2.75, 3.05) is 5.32 Å². The highest BCUT2D eigenvalue weighted by Gasteiger charge is 2.39. The highest BCUT2D eigenvalue weighted by molar-refractivity contribution is 5.98. The van der Waals surface area contributed by atoms with Gasteiger partial charge in [0.15, 0.2) is 6.29 Å². The summed E-state index contributed by atoms with van der Waals surface area (Å²) in [6, 6.07) is 18.3. The van der Waals surface area contributed by atoms with Crippen LogP contribution in [0.4, 0.5) is 11.6 Å². The van der Waals surface area contributed by atoms with E-state index in [2.05, 4.69) is 50.5 Å². The summed E-state index contributed by atoms with van der Waals surface area (Å²) in [5, 5.41) is 7.14. The van der Waals surface area contributed by atoms with Crippen LogP contribution in [-0.4, -0.2) is 20.4 Å². The summed E-state index contributed by atoms with van der Waals surface area (Å²) in [5.74, 6) is 1.45. The van der Waals surface area contributed by atoms with E-state index in [1.54, 1.807) is 0 Å². The topological polar surface area (TPSA) is 57.5 Å². The highest BCUT2D eigenvalue weighted by atomic mass is 15.5. The van der Waals surface area contributed by atoms with Gasteiger partial charge < -0.3 is 10.6 Å². The Balaban J connectivity index is 1.55. The molecule has 3 heterocycles. The first kappa shape index (κ1) is 15.3. The quantitative estimate of drug-likeness (QED) is 0.676. The maximum atomic E-state index is 4.89. The Bertz CT molecular complexity index is 1200. The maximum Gasteiger partial charge on any atom is 0.237 e. The fraction of sp³-hybridized carbons (Fsp3) is 0.0909. The van der Waals surface area contributed by atoms with Crippen LogP contribution in [0.3, 0.4) is 0 Å². The van der Waals surface area contributed by atoms with Gasteiger partial charge in [-0.05, 0) is 42.8 Å². The van der Waals surface area contributed by atoms with Crippen LogP contribution in [0, 0.1) is 0 Å². The predicted octanol–water partition coefficient (Wildman–Crippen LogP) is 4.24. The SMILES string of the molecule is C1=CC2=C(C=CC1)N1C(Nc3ccccc3)=Nc3nc4ccccc4n3C1N2. The average Bonchev–Trinajstić information content (AvgIpc) is 3.18. The Morgan fingerprint density at radius 1 is 0.964 bits per heavy atom. The van der Waals surface area contributed by atoms with Crippen molar-refractivity contribution in [1.82, 2.24) is 19.8 Å². The van der Waals surface area contributed by atoms with Crippen LogP contribution in [0.2, 0.25) is 0 Å². The number of fused-ring (bicyclic) bond motifs is 6. The van der Waals surface area contributed by atoms with E-state index in [9.17, 15) is 0 Å². The molecule has 2 aromatic carbocycles. The van der Waals surface area contributed by atoms with E-state index in [-0.39, 0.29) is 6.29 Å². The first-order chi connectivity index (χ1) is 13.9. The molecule has 3 aliphatic rings. The van der Waals surface area contributed by atoms with Crippen LogP contribution in [0.25, 0.3) is 11.0 Å². The smallest absolute Gasteiger partial charge is 0.237 e. The maximum absolute atomic E-state index is 4.89. The minimum atomic E-state index is -0.122. The van der Waals surface area contributed by atoms with Gasteiger partial charge in [0.2, 0.25) is 11.9 Å². The molecular formula is C22H18N6. The van der Waals surface area contributed by atoms with Crippen LogP contribution in [-0.2, 0) is 0 Å². The summed E-state index contributed by atoms with van der Waals surface area (Å²) in [6.07, 6.45) is 9.44. The third-order valence-corrected chi connectivity index (χ3v) is 5.18. The molecule has 3 aromatic rings. The van der Waals surface area contributed by atoms with Gasteiger partial charge in [0.05, 0.1) is 22.4 Å². The zero-order valence-electron chi connectivity index (χ0n) is 15.1. The van der Waals surface area contributed by atoms with E-state index in [4.69, 9.17) is 9.98 Å². The highest BCUT2D eigenvalue weighted by Crippen LogP contribution is 2.39. The standard InChI is InChI=1S/C22H18N6/c1-3-9-15(10-4-1)23-20-26-21-24-16-12-7-8-14-18(16)28(21)22-25-17-11-5-2-6-13-19(17)27(20)22/h1,3-14,22,25H,2H2,(H,23,24,26). The average molecular weight is 366 g/mol. The summed E-state index contributed by atoms with van der Waals surface area (Å²) in [5.41, 5.74) is 5.19. The molecule has 6 nitrogen and oxygen atoms in total. The number of hydrogen-bond donors (Lipinski definition) is 2. The van der Waals surface area contributed by atoms with Crippen molar-refractivity contribution in [3.63, 3.8) is 0 Å². The Hall–Kier alpha value is -3.80. The van der Waals surface area contributed by atoms with Crippen molar-refractivity contribution < 1.29 is 0 Å². The Morgan fingerprint density at radius 2 is 1.79 bits per heavy atom. The van der Waals surface area contributed by atoms with Gasteiger partial charge in [-0.25, -0.2) is 4.98 Å². The monoisotopic (exact) mass is 366 g/mol. The third kappa shape index (κ3) is 2.21. The van der Waals surface area contributed by atoms with E-state index in [1.807, 2.05) is 48.5 Å². The number of aliphatic imine (C=N–C) groups is 1. The van der Waals surface area contributed by atoms with E-state index < -0.39 is 0 Å². The van der Waals surface area contributed by atoms with Crippen molar-refractivity contribution in [2.45, 2.75) is 12.7 Å². The van der Waals surface area contributed by atoms with Crippen LogP contribution in [0.1, 0.15) is 12.7 Å². The lowest BCUT2D eigenvalue weighted by Gasteiger charge is -2.34. The molecular weight excluding hydrogens is 348 g/mol. The number of nitrogens with one attached hydrogen (secondary N) is 2. The van der Waals surface area contributed by atoms with Crippen LogP contribution in [0.5, 0.6) is 0 Å². The molecule has 2 N–H and O–H groups in total.